The van der Waals surface area contributed by atoms with Crippen molar-refractivity contribution >= 4 is 39.0 Å². The Kier molecular flexibility index (Phi) is 6.13. The number of rotatable bonds is 7. The highest BCUT2D eigenvalue weighted by Crippen LogP contribution is 2.38. The van der Waals surface area contributed by atoms with Crippen molar-refractivity contribution in [2.45, 2.75) is 20.3 Å². The molecule has 2 aromatic heterocycles. The van der Waals surface area contributed by atoms with Crippen LogP contribution in [0.3, 0.4) is 0 Å². The van der Waals surface area contributed by atoms with Gasteiger partial charge in [0.25, 0.3) is 0 Å². The number of fused-ring (bicyclic) bond motifs is 1. The first-order valence-electron chi connectivity index (χ1n) is 10.0. The van der Waals surface area contributed by atoms with Crippen molar-refractivity contribution in [1.82, 2.24) is 9.97 Å². The summed E-state index contributed by atoms with van der Waals surface area (Å²) in [4.78, 5) is 22.4. The Balaban J connectivity index is 1.72. The molecule has 2 heterocycles. The predicted molar refractivity (Wildman–Crippen MR) is 124 cm³/mol. The smallest absolute Gasteiger partial charge is 0.338 e. The molecule has 0 amide bonds. The summed E-state index contributed by atoms with van der Waals surface area (Å²) in [6, 6.07) is 15.2. The third kappa shape index (κ3) is 4.51. The van der Waals surface area contributed by atoms with Crippen molar-refractivity contribution in [3.05, 3.63) is 65.3 Å². The monoisotopic (exact) mass is 433 g/mol. The molecule has 0 saturated carbocycles. The fraction of sp³-hybridized carbons (Fsp3) is 0.208. The van der Waals surface area contributed by atoms with Gasteiger partial charge in [-0.2, -0.15) is 0 Å². The van der Waals surface area contributed by atoms with Crippen molar-refractivity contribution in [2.75, 3.05) is 19.0 Å². The SMILES string of the molecule is CCCOC(=O)c1cccc(Nc2nc(C)nc3scc(-c4ccc(OC)cc4)c23)c1. The van der Waals surface area contributed by atoms with Crippen LogP contribution in [0, 0.1) is 6.92 Å². The highest BCUT2D eigenvalue weighted by molar-refractivity contribution is 7.17. The molecular formula is C24H23N3O3S. The molecule has 4 rings (SSSR count). The molecule has 4 aromatic rings. The molecule has 31 heavy (non-hydrogen) atoms. The summed E-state index contributed by atoms with van der Waals surface area (Å²) in [5.41, 5.74) is 3.36. The number of aryl methyl sites for hydroxylation is 1. The Bertz CT molecular complexity index is 1220. The van der Waals surface area contributed by atoms with Crippen LogP contribution in [0.25, 0.3) is 21.3 Å². The van der Waals surface area contributed by atoms with Crippen molar-refractivity contribution in [2.24, 2.45) is 0 Å². The molecule has 0 aliphatic rings. The number of methoxy groups -OCH3 is 1. The number of aromatic nitrogens is 2. The zero-order valence-corrected chi connectivity index (χ0v) is 18.5. The van der Waals surface area contributed by atoms with Gasteiger partial charge in [-0.15, -0.1) is 11.3 Å². The summed E-state index contributed by atoms with van der Waals surface area (Å²) >= 11 is 1.58. The van der Waals surface area contributed by atoms with E-state index in [1.807, 2.05) is 50.2 Å². The summed E-state index contributed by atoms with van der Waals surface area (Å²) in [5, 5.41) is 6.41. The lowest BCUT2D eigenvalue weighted by atomic mass is 10.1. The van der Waals surface area contributed by atoms with E-state index >= 15 is 0 Å². The molecule has 0 spiro atoms. The Hall–Kier alpha value is -3.45. The molecule has 1 N–H and O–H groups in total. The van der Waals surface area contributed by atoms with E-state index in [0.29, 0.717) is 23.8 Å². The highest BCUT2D eigenvalue weighted by atomic mass is 32.1. The van der Waals surface area contributed by atoms with Gasteiger partial charge in [0.15, 0.2) is 0 Å². The zero-order valence-electron chi connectivity index (χ0n) is 17.6. The summed E-state index contributed by atoms with van der Waals surface area (Å²) in [5.74, 6) is 1.86. The van der Waals surface area contributed by atoms with Crippen LogP contribution in [0.4, 0.5) is 11.5 Å². The van der Waals surface area contributed by atoms with Crippen LogP contribution < -0.4 is 10.1 Å². The van der Waals surface area contributed by atoms with Gasteiger partial charge in [-0.3, -0.25) is 0 Å². The molecule has 0 radical (unpaired) electrons. The number of carbonyl (C=O) groups excluding carboxylic acids is 1. The van der Waals surface area contributed by atoms with Crippen molar-refractivity contribution in [3.63, 3.8) is 0 Å². The van der Waals surface area contributed by atoms with Gasteiger partial charge < -0.3 is 14.8 Å². The topological polar surface area (TPSA) is 73.3 Å². The van der Waals surface area contributed by atoms with Crippen LogP contribution in [0.15, 0.2) is 53.9 Å². The molecule has 0 bridgehead atoms. The minimum atomic E-state index is -0.330. The number of anilines is 2. The Morgan fingerprint density at radius 2 is 1.94 bits per heavy atom. The maximum absolute atomic E-state index is 12.2. The largest absolute Gasteiger partial charge is 0.497 e. The fourth-order valence-electron chi connectivity index (χ4n) is 3.26. The maximum atomic E-state index is 12.2. The lowest BCUT2D eigenvalue weighted by Crippen LogP contribution is -2.06. The second-order valence-corrected chi connectivity index (χ2v) is 7.88. The van der Waals surface area contributed by atoms with Crippen molar-refractivity contribution in [1.29, 1.82) is 0 Å². The van der Waals surface area contributed by atoms with Crippen LogP contribution >= 0.6 is 11.3 Å². The van der Waals surface area contributed by atoms with E-state index in [9.17, 15) is 4.79 Å². The number of esters is 1. The average Bonchev–Trinajstić information content (AvgIpc) is 3.21. The van der Waals surface area contributed by atoms with E-state index in [-0.39, 0.29) is 5.97 Å². The molecular weight excluding hydrogens is 410 g/mol. The number of hydrogen-bond donors (Lipinski definition) is 1. The van der Waals surface area contributed by atoms with E-state index in [1.165, 1.54) is 0 Å². The number of ether oxygens (including phenoxy) is 2. The fourth-order valence-corrected chi connectivity index (χ4v) is 4.25. The van der Waals surface area contributed by atoms with Gasteiger partial charge >= 0.3 is 5.97 Å². The van der Waals surface area contributed by atoms with Crippen LogP contribution in [0.1, 0.15) is 29.5 Å². The van der Waals surface area contributed by atoms with Crippen LogP contribution in [-0.2, 0) is 4.74 Å². The second-order valence-electron chi connectivity index (χ2n) is 7.02. The lowest BCUT2D eigenvalue weighted by molar-refractivity contribution is 0.0505. The highest BCUT2D eigenvalue weighted by Gasteiger charge is 2.16. The van der Waals surface area contributed by atoms with Crippen LogP contribution in [0.5, 0.6) is 5.75 Å². The lowest BCUT2D eigenvalue weighted by Gasteiger charge is -2.11. The van der Waals surface area contributed by atoms with Crippen LogP contribution in [-0.4, -0.2) is 29.7 Å². The Morgan fingerprint density at radius 3 is 2.68 bits per heavy atom. The van der Waals surface area contributed by atoms with E-state index < -0.39 is 0 Å². The third-order valence-corrected chi connectivity index (χ3v) is 5.62. The number of hydrogen-bond acceptors (Lipinski definition) is 7. The first-order chi connectivity index (χ1) is 15.1. The standard InChI is InChI=1S/C24H23N3O3S/c1-4-12-30-24(28)17-6-5-7-18(13-17)27-22-21-20(14-31-23(21)26-15(2)25-22)16-8-10-19(29-3)11-9-16/h5-11,13-14H,4,12H2,1-3H3,(H,25,26,27). The van der Waals surface area contributed by atoms with Gasteiger partial charge in [0.05, 0.1) is 24.7 Å². The number of nitrogens with one attached hydrogen (secondary N) is 1. The molecule has 0 aliphatic heterocycles. The Morgan fingerprint density at radius 1 is 1.13 bits per heavy atom. The van der Waals surface area contributed by atoms with Crippen molar-refractivity contribution < 1.29 is 14.3 Å². The summed E-state index contributed by atoms with van der Waals surface area (Å²) in [6.45, 7) is 4.24. The van der Waals surface area contributed by atoms with Crippen molar-refractivity contribution in [3.8, 4) is 16.9 Å². The van der Waals surface area contributed by atoms with E-state index in [4.69, 9.17) is 9.47 Å². The van der Waals surface area contributed by atoms with Gasteiger partial charge in [-0.25, -0.2) is 14.8 Å². The minimum absolute atomic E-state index is 0.330. The van der Waals surface area contributed by atoms with Gasteiger partial charge in [0, 0.05) is 16.6 Å². The number of benzene rings is 2. The number of thiophene rings is 1. The van der Waals surface area contributed by atoms with Gasteiger partial charge in [-0.05, 0) is 49.2 Å². The molecule has 0 unspecified atom stereocenters. The summed E-state index contributed by atoms with van der Waals surface area (Å²) in [6.07, 6.45) is 0.786. The molecule has 2 aromatic carbocycles. The predicted octanol–water partition coefficient (Wildman–Crippen LogP) is 5.99. The molecule has 6 nitrogen and oxygen atoms in total. The second kappa shape index (κ2) is 9.14. The average molecular weight is 434 g/mol. The molecule has 0 aliphatic carbocycles. The summed E-state index contributed by atoms with van der Waals surface area (Å²) in [7, 11) is 1.65. The molecule has 0 saturated heterocycles. The van der Waals surface area contributed by atoms with Gasteiger partial charge in [0.1, 0.15) is 22.2 Å². The van der Waals surface area contributed by atoms with E-state index in [2.05, 4.69) is 20.7 Å². The first-order valence-corrected chi connectivity index (χ1v) is 10.9. The molecule has 7 heteroatoms. The third-order valence-electron chi connectivity index (χ3n) is 4.74. The van der Waals surface area contributed by atoms with Crippen LogP contribution in [0.2, 0.25) is 0 Å². The molecule has 158 valence electrons. The maximum Gasteiger partial charge on any atom is 0.338 e. The zero-order chi connectivity index (χ0) is 21.8. The van der Waals surface area contributed by atoms with Gasteiger partial charge in [-0.1, -0.05) is 25.1 Å². The van der Waals surface area contributed by atoms with E-state index in [0.717, 1.165) is 39.2 Å². The number of carbonyl (C=O) groups is 1. The quantitative estimate of drug-likeness (QED) is 0.361. The Labute approximate surface area is 184 Å². The first kappa shape index (κ1) is 20.8. The molecule has 0 fully saturated rings. The summed E-state index contributed by atoms with van der Waals surface area (Å²) < 4.78 is 10.5. The normalized spacial score (nSPS) is 10.8. The molecule has 0 atom stereocenters. The van der Waals surface area contributed by atoms with Gasteiger partial charge in [0.2, 0.25) is 0 Å². The van der Waals surface area contributed by atoms with E-state index in [1.54, 1.807) is 30.6 Å². The minimum Gasteiger partial charge on any atom is -0.497 e. The number of nitrogens with zero attached hydrogens (tertiary/aromatic N) is 2.